The predicted octanol–water partition coefficient (Wildman–Crippen LogP) is 3.72. The van der Waals surface area contributed by atoms with Crippen LogP contribution in [0.4, 0.5) is 10.8 Å². The second-order valence-corrected chi connectivity index (χ2v) is 7.93. The van der Waals surface area contributed by atoms with Crippen LogP contribution >= 0.6 is 11.3 Å². The smallest absolute Gasteiger partial charge is 0.276 e. The van der Waals surface area contributed by atoms with Gasteiger partial charge < -0.3 is 0 Å². The molecule has 1 aliphatic heterocycles. The first kappa shape index (κ1) is 18.6. The first-order chi connectivity index (χ1) is 13.7. The molecule has 2 amide bonds. The van der Waals surface area contributed by atoms with E-state index in [1.807, 2.05) is 30.3 Å². The van der Waals surface area contributed by atoms with Gasteiger partial charge in [-0.1, -0.05) is 24.3 Å². The number of carbonyl (C=O) groups excluding carboxylic acids is 2. The Morgan fingerprint density at radius 2 is 1.96 bits per heavy atom. The molecule has 0 saturated carbocycles. The third-order valence-corrected chi connectivity index (χ3v) is 6.08. The van der Waals surface area contributed by atoms with Crippen molar-refractivity contribution in [2.24, 2.45) is 5.10 Å². The van der Waals surface area contributed by atoms with Gasteiger partial charge in [-0.25, -0.2) is 9.99 Å². The number of para-hydroxylation sites is 1. The molecule has 0 fully saturated rings. The number of carbonyl (C=O) groups is 2. The van der Waals surface area contributed by atoms with Crippen LogP contribution in [0.2, 0.25) is 0 Å². The highest BCUT2D eigenvalue weighted by molar-refractivity contribution is 7.16. The fourth-order valence-corrected chi connectivity index (χ4v) is 4.62. The lowest BCUT2D eigenvalue weighted by Crippen LogP contribution is -2.41. The molecule has 2 aromatic rings. The van der Waals surface area contributed by atoms with Crippen molar-refractivity contribution in [3.8, 4) is 0 Å². The Kier molecular flexibility index (Phi) is 5.34. The molecule has 0 atom stereocenters. The minimum absolute atomic E-state index is 0.109. The average Bonchev–Trinajstić information content (AvgIpc) is 3.16. The van der Waals surface area contributed by atoms with E-state index in [0.717, 1.165) is 25.0 Å². The summed E-state index contributed by atoms with van der Waals surface area (Å²) in [5.74, 6) is -0.317. The van der Waals surface area contributed by atoms with E-state index >= 15 is 0 Å². The molecule has 6 nitrogen and oxygen atoms in total. The van der Waals surface area contributed by atoms with Gasteiger partial charge in [-0.3, -0.25) is 14.5 Å². The number of nitrogens with zero attached hydrogens (tertiary/aromatic N) is 4. The van der Waals surface area contributed by atoms with Crippen LogP contribution in [0.1, 0.15) is 36.3 Å². The first-order valence-corrected chi connectivity index (χ1v) is 10.4. The molecule has 1 aromatic carbocycles. The van der Waals surface area contributed by atoms with Gasteiger partial charge in [0.15, 0.2) is 5.13 Å². The number of aromatic nitrogens is 1. The molecule has 144 valence electrons. The number of benzene rings is 1. The molecule has 0 bridgehead atoms. The zero-order chi connectivity index (χ0) is 19.5. The Hall–Kier alpha value is -2.80. The molecule has 2 aliphatic rings. The van der Waals surface area contributed by atoms with Gasteiger partial charge in [0.2, 0.25) is 5.91 Å². The fourth-order valence-electron chi connectivity index (χ4n) is 3.46. The van der Waals surface area contributed by atoms with Gasteiger partial charge in [-0.05, 0) is 37.8 Å². The zero-order valence-electron chi connectivity index (χ0n) is 15.6. The molecular weight excluding hydrogens is 372 g/mol. The highest BCUT2D eigenvalue weighted by atomic mass is 32.1. The summed E-state index contributed by atoms with van der Waals surface area (Å²) < 4.78 is 0. The summed E-state index contributed by atoms with van der Waals surface area (Å²) in [4.78, 5) is 33.2. The van der Waals surface area contributed by atoms with E-state index in [4.69, 9.17) is 4.98 Å². The van der Waals surface area contributed by atoms with Crippen LogP contribution in [0, 0.1) is 0 Å². The van der Waals surface area contributed by atoms with Crippen molar-refractivity contribution in [3.63, 3.8) is 0 Å². The standard InChI is InChI=1S/C21H22N4O2S/c1-2-14-24(21-22-16-10-6-7-11-18(16)28-21)20(27)17-12-13-19(26)25(23-17)15-8-4-3-5-9-15/h2-5,8-9H,1,6-7,10-14H2. The summed E-state index contributed by atoms with van der Waals surface area (Å²) in [6.07, 6.45) is 6.61. The number of hydrogen-bond donors (Lipinski definition) is 0. The van der Waals surface area contributed by atoms with Gasteiger partial charge in [0.25, 0.3) is 5.91 Å². The van der Waals surface area contributed by atoms with E-state index in [2.05, 4.69) is 11.7 Å². The van der Waals surface area contributed by atoms with Crippen LogP contribution in [0.5, 0.6) is 0 Å². The van der Waals surface area contributed by atoms with Gasteiger partial charge >= 0.3 is 0 Å². The Balaban J connectivity index is 1.64. The zero-order valence-corrected chi connectivity index (χ0v) is 16.5. The lowest BCUT2D eigenvalue weighted by molar-refractivity contribution is -0.118. The number of amides is 2. The largest absolute Gasteiger partial charge is 0.279 e. The summed E-state index contributed by atoms with van der Waals surface area (Å²) in [6, 6.07) is 9.19. The van der Waals surface area contributed by atoms with Crippen molar-refractivity contribution < 1.29 is 9.59 Å². The summed E-state index contributed by atoms with van der Waals surface area (Å²) in [5, 5.41) is 6.42. The minimum atomic E-state index is -0.209. The second-order valence-electron chi connectivity index (χ2n) is 6.87. The summed E-state index contributed by atoms with van der Waals surface area (Å²) >= 11 is 1.58. The normalized spacial score (nSPS) is 16.4. The number of fused-ring (bicyclic) bond motifs is 1. The van der Waals surface area contributed by atoms with E-state index in [9.17, 15) is 9.59 Å². The Bertz CT molecular complexity index is 912. The molecule has 28 heavy (non-hydrogen) atoms. The van der Waals surface area contributed by atoms with Crippen LogP contribution in [0.25, 0.3) is 0 Å². The minimum Gasteiger partial charge on any atom is -0.279 e. The monoisotopic (exact) mass is 394 g/mol. The number of anilines is 2. The second kappa shape index (κ2) is 8.06. The lowest BCUT2D eigenvalue weighted by Gasteiger charge is -2.25. The van der Waals surface area contributed by atoms with Crippen LogP contribution in [0.3, 0.4) is 0 Å². The number of aryl methyl sites for hydroxylation is 2. The van der Waals surface area contributed by atoms with Crippen molar-refractivity contribution >= 4 is 39.7 Å². The Morgan fingerprint density at radius 3 is 2.71 bits per heavy atom. The summed E-state index contributed by atoms with van der Waals surface area (Å²) in [5.41, 5.74) is 2.15. The highest BCUT2D eigenvalue weighted by Crippen LogP contribution is 2.32. The lowest BCUT2D eigenvalue weighted by atomic mass is 10.0. The van der Waals surface area contributed by atoms with Gasteiger partial charge in [0.1, 0.15) is 5.71 Å². The maximum absolute atomic E-state index is 13.3. The van der Waals surface area contributed by atoms with Crippen molar-refractivity contribution in [2.75, 3.05) is 16.5 Å². The van der Waals surface area contributed by atoms with Gasteiger partial charge in [-0.15, -0.1) is 17.9 Å². The van der Waals surface area contributed by atoms with E-state index in [1.54, 1.807) is 22.3 Å². The maximum Gasteiger partial charge on any atom is 0.276 e. The molecule has 0 unspecified atom stereocenters. The Labute approximate surface area is 168 Å². The molecular formula is C21H22N4O2S. The van der Waals surface area contributed by atoms with E-state index in [-0.39, 0.29) is 18.2 Å². The molecule has 7 heteroatoms. The van der Waals surface area contributed by atoms with Crippen molar-refractivity contribution in [2.45, 2.75) is 38.5 Å². The third kappa shape index (κ3) is 3.62. The third-order valence-electron chi connectivity index (χ3n) is 4.90. The topological polar surface area (TPSA) is 65.9 Å². The van der Waals surface area contributed by atoms with Crippen LogP contribution in [-0.4, -0.2) is 29.1 Å². The molecule has 1 aromatic heterocycles. The van der Waals surface area contributed by atoms with Crippen LogP contribution < -0.4 is 9.91 Å². The quantitative estimate of drug-likeness (QED) is 0.726. The summed E-state index contributed by atoms with van der Waals surface area (Å²) in [7, 11) is 0. The molecule has 1 aliphatic carbocycles. The van der Waals surface area contributed by atoms with Gasteiger partial charge in [0.05, 0.1) is 11.4 Å². The average molecular weight is 395 g/mol. The number of thiazole rings is 1. The number of hydrazone groups is 1. The van der Waals surface area contributed by atoms with E-state index < -0.39 is 0 Å². The van der Waals surface area contributed by atoms with Gasteiger partial charge in [0, 0.05) is 24.3 Å². The highest BCUT2D eigenvalue weighted by Gasteiger charge is 2.30. The number of rotatable bonds is 5. The molecule has 0 N–H and O–H groups in total. The van der Waals surface area contributed by atoms with Crippen LogP contribution in [0.15, 0.2) is 48.1 Å². The van der Waals surface area contributed by atoms with Crippen molar-refractivity contribution in [1.29, 1.82) is 0 Å². The molecule has 0 saturated heterocycles. The summed E-state index contributed by atoms with van der Waals surface area (Å²) in [6.45, 7) is 4.15. The molecule has 0 radical (unpaired) electrons. The van der Waals surface area contributed by atoms with E-state index in [0.29, 0.717) is 29.5 Å². The van der Waals surface area contributed by atoms with Gasteiger partial charge in [-0.2, -0.15) is 5.10 Å². The predicted molar refractivity (Wildman–Crippen MR) is 112 cm³/mol. The maximum atomic E-state index is 13.3. The SMILES string of the molecule is C=CCN(C(=O)C1=NN(c2ccccc2)C(=O)CC1)c1nc2c(s1)CCCC2. The van der Waals surface area contributed by atoms with E-state index in [1.165, 1.54) is 16.3 Å². The molecule has 0 spiro atoms. The van der Waals surface area contributed by atoms with Crippen molar-refractivity contribution in [1.82, 2.24) is 4.98 Å². The Morgan fingerprint density at radius 1 is 1.18 bits per heavy atom. The molecule has 4 rings (SSSR count). The number of hydrogen-bond acceptors (Lipinski definition) is 5. The first-order valence-electron chi connectivity index (χ1n) is 9.54. The fraction of sp³-hybridized carbons (Fsp3) is 0.333. The molecule has 2 heterocycles. The van der Waals surface area contributed by atoms with Crippen molar-refractivity contribution in [3.05, 3.63) is 53.6 Å². The van der Waals surface area contributed by atoms with Crippen LogP contribution in [-0.2, 0) is 22.4 Å².